The molecular weight excluding hydrogens is 100 g/mol. The summed E-state index contributed by atoms with van der Waals surface area (Å²) in [7, 11) is 0. The van der Waals surface area contributed by atoms with Gasteiger partial charge in [0.25, 0.3) is 0 Å². The minimum absolute atomic E-state index is 0.00347. The predicted molar refractivity (Wildman–Crippen MR) is 33.6 cm³/mol. The molecule has 0 aromatic heterocycles. The molecule has 1 heteroatoms. The smallest absolute Gasteiger partial charge is 0.0565 e. The maximum Gasteiger partial charge on any atom is 0.0565 e. The van der Waals surface area contributed by atoms with E-state index in [1.54, 1.807) is 0 Å². The highest BCUT2D eigenvalue weighted by Gasteiger charge is 2.17. The average Bonchev–Trinajstić information content (AvgIpc) is 1.77. The molecule has 1 unspecified atom stereocenters. The fourth-order valence-corrected chi connectivity index (χ4v) is 1.30. The van der Waals surface area contributed by atoms with Crippen LogP contribution in [0.3, 0.4) is 0 Å². The molecule has 0 heterocycles. The highest BCUT2D eigenvalue weighted by Crippen LogP contribution is 2.22. The number of aliphatic hydroxyl groups excluding tert-OH is 1. The van der Waals surface area contributed by atoms with Gasteiger partial charge in [-0.25, -0.2) is 0 Å². The van der Waals surface area contributed by atoms with E-state index in [-0.39, 0.29) is 6.10 Å². The first-order valence-electron chi connectivity index (χ1n) is 3.49. The van der Waals surface area contributed by atoms with E-state index in [0.29, 0.717) is 5.92 Å². The van der Waals surface area contributed by atoms with E-state index >= 15 is 0 Å². The zero-order valence-electron chi connectivity index (χ0n) is 5.43. The Morgan fingerprint density at radius 1 is 1.25 bits per heavy atom. The Balaban J connectivity index is 2.28. The first kappa shape index (κ1) is 6.09. The second-order valence-corrected chi connectivity index (χ2v) is 2.83. The summed E-state index contributed by atoms with van der Waals surface area (Å²) in [5.41, 5.74) is 0. The Hall–Kier alpha value is -0.0400. The van der Waals surface area contributed by atoms with Crippen LogP contribution < -0.4 is 0 Å². The first-order chi connectivity index (χ1) is 3.80. The monoisotopic (exact) mass is 114 g/mol. The summed E-state index contributed by atoms with van der Waals surface area (Å²) in [6, 6.07) is 0. The minimum atomic E-state index is 0.00347. The van der Waals surface area contributed by atoms with Crippen molar-refractivity contribution in [1.29, 1.82) is 0 Å². The van der Waals surface area contributed by atoms with Crippen molar-refractivity contribution in [2.75, 3.05) is 0 Å². The molecule has 0 aromatic carbocycles. The van der Waals surface area contributed by atoms with Crippen molar-refractivity contribution < 1.29 is 5.11 Å². The fraction of sp³-hybridized carbons (Fsp3) is 1.00. The third-order valence-electron chi connectivity index (χ3n) is 2.07. The Bertz CT molecular complexity index is 60.8. The van der Waals surface area contributed by atoms with E-state index < -0.39 is 0 Å². The highest BCUT2D eigenvalue weighted by molar-refractivity contribution is 4.69. The van der Waals surface area contributed by atoms with Gasteiger partial charge in [-0.2, -0.15) is 0 Å². The lowest BCUT2D eigenvalue weighted by molar-refractivity contribution is 0.0793. The van der Waals surface area contributed by atoms with Crippen molar-refractivity contribution in [3.8, 4) is 0 Å². The quantitative estimate of drug-likeness (QED) is 0.506. The Morgan fingerprint density at radius 2 is 1.88 bits per heavy atom. The van der Waals surface area contributed by atoms with Gasteiger partial charge in [-0.05, 0) is 18.8 Å². The molecule has 2 atom stereocenters. The Labute approximate surface area is 50.7 Å². The SMILES string of the molecule is C[C@@H]1CCCCC1O. The third-order valence-corrected chi connectivity index (χ3v) is 2.07. The molecule has 1 N–H and O–H groups in total. The van der Waals surface area contributed by atoms with Crippen LogP contribution in [0.15, 0.2) is 0 Å². The van der Waals surface area contributed by atoms with Crippen molar-refractivity contribution in [3.05, 3.63) is 0 Å². The van der Waals surface area contributed by atoms with E-state index in [0.717, 1.165) is 6.42 Å². The van der Waals surface area contributed by atoms with Crippen molar-refractivity contribution in [2.24, 2.45) is 5.92 Å². The van der Waals surface area contributed by atoms with Gasteiger partial charge in [0.05, 0.1) is 6.10 Å². The molecule has 0 aromatic rings. The standard InChI is InChI=1S/C7H14O/c1-6-4-2-3-5-7(6)8/h6-8H,2-5H2,1H3/t6-,7?/m1/s1. The summed E-state index contributed by atoms with van der Waals surface area (Å²) >= 11 is 0. The summed E-state index contributed by atoms with van der Waals surface area (Å²) in [5.74, 6) is 0.559. The molecule has 48 valence electrons. The summed E-state index contributed by atoms with van der Waals surface area (Å²) in [6.45, 7) is 2.13. The molecule has 1 fully saturated rings. The molecule has 1 rings (SSSR count). The first-order valence-corrected chi connectivity index (χ1v) is 3.49. The molecule has 8 heavy (non-hydrogen) atoms. The molecule has 1 aliphatic carbocycles. The molecule has 0 radical (unpaired) electrons. The number of aliphatic hydroxyl groups is 1. The van der Waals surface area contributed by atoms with Gasteiger partial charge in [0.2, 0.25) is 0 Å². The van der Waals surface area contributed by atoms with Crippen molar-refractivity contribution in [3.63, 3.8) is 0 Å². The van der Waals surface area contributed by atoms with Crippen LogP contribution in [0.4, 0.5) is 0 Å². The van der Waals surface area contributed by atoms with Gasteiger partial charge < -0.3 is 5.11 Å². The zero-order chi connectivity index (χ0) is 5.98. The van der Waals surface area contributed by atoms with Crippen LogP contribution in [0.1, 0.15) is 32.6 Å². The molecule has 1 nitrogen and oxygen atoms in total. The lowest BCUT2D eigenvalue weighted by Crippen LogP contribution is -2.21. The Kier molecular flexibility index (Phi) is 1.90. The largest absolute Gasteiger partial charge is 0.393 e. The second kappa shape index (κ2) is 2.49. The third kappa shape index (κ3) is 1.22. The van der Waals surface area contributed by atoms with Gasteiger partial charge in [-0.3, -0.25) is 0 Å². The van der Waals surface area contributed by atoms with Crippen LogP contribution in [-0.2, 0) is 0 Å². The van der Waals surface area contributed by atoms with E-state index in [2.05, 4.69) is 6.92 Å². The van der Waals surface area contributed by atoms with E-state index in [9.17, 15) is 5.11 Å². The van der Waals surface area contributed by atoms with Crippen LogP contribution in [0.2, 0.25) is 0 Å². The van der Waals surface area contributed by atoms with E-state index in [1.165, 1.54) is 19.3 Å². The van der Waals surface area contributed by atoms with Crippen LogP contribution in [0.25, 0.3) is 0 Å². The minimum Gasteiger partial charge on any atom is -0.393 e. The van der Waals surface area contributed by atoms with Gasteiger partial charge in [0.1, 0.15) is 0 Å². The number of hydrogen-bond acceptors (Lipinski definition) is 1. The average molecular weight is 114 g/mol. The topological polar surface area (TPSA) is 20.2 Å². The lowest BCUT2D eigenvalue weighted by atomic mass is 9.88. The van der Waals surface area contributed by atoms with Crippen molar-refractivity contribution in [2.45, 2.75) is 38.7 Å². The molecule has 1 saturated carbocycles. The van der Waals surface area contributed by atoms with Crippen LogP contribution in [-0.4, -0.2) is 11.2 Å². The summed E-state index contributed by atoms with van der Waals surface area (Å²) < 4.78 is 0. The van der Waals surface area contributed by atoms with E-state index in [1.807, 2.05) is 0 Å². The fourth-order valence-electron chi connectivity index (χ4n) is 1.30. The second-order valence-electron chi connectivity index (χ2n) is 2.83. The van der Waals surface area contributed by atoms with Crippen molar-refractivity contribution >= 4 is 0 Å². The maximum absolute atomic E-state index is 9.18. The predicted octanol–water partition coefficient (Wildman–Crippen LogP) is 1.56. The lowest BCUT2D eigenvalue weighted by Gasteiger charge is -2.23. The van der Waals surface area contributed by atoms with Crippen LogP contribution in [0, 0.1) is 5.92 Å². The van der Waals surface area contributed by atoms with Gasteiger partial charge in [-0.15, -0.1) is 0 Å². The zero-order valence-corrected chi connectivity index (χ0v) is 5.43. The number of hydrogen-bond donors (Lipinski definition) is 1. The summed E-state index contributed by atoms with van der Waals surface area (Å²) in [4.78, 5) is 0. The Morgan fingerprint density at radius 3 is 2.25 bits per heavy atom. The molecule has 0 spiro atoms. The molecule has 1 aliphatic rings. The van der Waals surface area contributed by atoms with E-state index in [4.69, 9.17) is 0 Å². The molecule has 0 saturated heterocycles. The molecule has 0 amide bonds. The number of rotatable bonds is 0. The highest BCUT2D eigenvalue weighted by atomic mass is 16.3. The van der Waals surface area contributed by atoms with Gasteiger partial charge in [-0.1, -0.05) is 19.8 Å². The van der Waals surface area contributed by atoms with Crippen LogP contribution >= 0.6 is 0 Å². The molecule has 0 aliphatic heterocycles. The maximum atomic E-state index is 9.18. The van der Waals surface area contributed by atoms with Crippen LogP contribution in [0.5, 0.6) is 0 Å². The summed E-state index contributed by atoms with van der Waals surface area (Å²) in [5, 5.41) is 9.18. The van der Waals surface area contributed by atoms with Crippen molar-refractivity contribution in [1.82, 2.24) is 0 Å². The summed E-state index contributed by atoms with van der Waals surface area (Å²) in [6.07, 6.45) is 4.80. The van der Waals surface area contributed by atoms with Gasteiger partial charge in [0.15, 0.2) is 0 Å². The normalized spacial score (nSPS) is 39.8. The molecule has 0 bridgehead atoms. The molecular formula is C7H14O. The van der Waals surface area contributed by atoms with Gasteiger partial charge >= 0.3 is 0 Å². The van der Waals surface area contributed by atoms with Gasteiger partial charge in [0, 0.05) is 0 Å².